The van der Waals surface area contributed by atoms with E-state index in [2.05, 4.69) is 54.5 Å². The predicted octanol–water partition coefficient (Wildman–Crippen LogP) is 7.25. The Labute approximate surface area is 260 Å². The summed E-state index contributed by atoms with van der Waals surface area (Å²) in [6.07, 6.45) is 8.91. The molecule has 43 heavy (non-hydrogen) atoms. The van der Waals surface area contributed by atoms with Crippen LogP contribution >= 0.6 is 0 Å². The molecule has 4 saturated carbocycles. The van der Waals surface area contributed by atoms with Crippen molar-refractivity contribution in [1.82, 2.24) is 0 Å². The number of esters is 2. The lowest BCUT2D eigenvalue weighted by atomic mass is 9.33. The second-order valence-electron chi connectivity index (χ2n) is 17.6. The van der Waals surface area contributed by atoms with Crippen LogP contribution in [0.2, 0.25) is 0 Å². The number of hydrogen-bond acceptors (Lipinski definition) is 6. The van der Waals surface area contributed by atoms with E-state index >= 15 is 0 Å². The smallest absolute Gasteiger partial charge is 0.308 e. The van der Waals surface area contributed by atoms with Crippen LogP contribution < -0.4 is 0 Å². The van der Waals surface area contributed by atoms with Crippen LogP contribution in [0.15, 0.2) is 11.6 Å². The molecule has 0 bridgehead atoms. The monoisotopic (exact) mass is 600 g/mol. The molecule has 0 aliphatic heterocycles. The van der Waals surface area contributed by atoms with Gasteiger partial charge in [0.05, 0.1) is 24.0 Å². The molecular formula is C37H60O6. The maximum absolute atomic E-state index is 13.3. The lowest BCUT2D eigenvalue weighted by molar-refractivity contribution is -0.246. The molecule has 244 valence electrons. The molecule has 5 aliphatic carbocycles. The third kappa shape index (κ3) is 4.61. The quantitative estimate of drug-likeness (QED) is 0.255. The molecule has 2 N–H and O–H groups in total. The molecule has 0 aromatic heterocycles. The highest BCUT2D eigenvalue weighted by Gasteiger charge is 2.72. The van der Waals surface area contributed by atoms with Crippen LogP contribution in [0.25, 0.3) is 0 Å². The van der Waals surface area contributed by atoms with E-state index in [4.69, 9.17) is 9.47 Å². The second-order valence-corrected chi connectivity index (χ2v) is 17.6. The van der Waals surface area contributed by atoms with Gasteiger partial charge in [-0.15, -0.1) is 0 Å². The largest absolute Gasteiger partial charge is 0.462 e. The highest BCUT2D eigenvalue weighted by molar-refractivity contribution is 5.72. The second kappa shape index (κ2) is 10.6. The lowest BCUT2D eigenvalue weighted by Gasteiger charge is -2.72. The number of ether oxygens (including phenoxy) is 2. The molecule has 0 radical (unpaired) electrons. The minimum Gasteiger partial charge on any atom is -0.462 e. The summed E-state index contributed by atoms with van der Waals surface area (Å²) in [4.78, 5) is 26.1. The molecule has 4 fully saturated rings. The number of carbonyl (C=O) groups is 2. The van der Waals surface area contributed by atoms with Crippen molar-refractivity contribution in [2.75, 3.05) is 6.61 Å². The van der Waals surface area contributed by atoms with E-state index in [9.17, 15) is 19.8 Å². The van der Waals surface area contributed by atoms with E-state index in [0.29, 0.717) is 31.1 Å². The topological polar surface area (TPSA) is 93.1 Å². The molecule has 0 aromatic carbocycles. The van der Waals surface area contributed by atoms with Gasteiger partial charge >= 0.3 is 11.9 Å². The first-order valence-corrected chi connectivity index (χ1v) is 17.2. The van der Waals surface area contributed by atoms with Gasteiger partial charge < -0.3 is 19.7 Å². The van der Waals surface area contributed by atoms with Gasteiger partial charge in [-0.2, -0.15) is 0 Å². The molecule has 6 heteroatoms. The van der Waals surface area contributed by atoms with Gasteiger partial charge in [0.15, 0.2) is 0 Å². The zero-order valence-corrected chi connectivity index (χ0v) is 28.7. The molecular weight excluding hydrogens is 540 g/mol. The summed E-state index contributed by atoms with van der Waals surface area (Å²) in [5.74, 6) is 0.0117. The molecule has 0 saturated heterocycles. The maximum Gasteiger partial charge on any atom is 0.308 e. The Morgan fingerprint density at radius 1 is 0.953 bits per heavy atom. The van der Waals surface area contributed by atoms with Crippen LogP contribution in [0.5, 0.6) is 0 Å². The fraction of sp³-hybridized carbons (Fsp3) is 0.892. The van der Waals surface area contributed by atoms with Gasteiger partial charge in [0.25, 0.3) is 0 Å². The minimum atomic E-state index is -0.878. The number of fused-ring (bicyclic) bond motifs is 7. The lowest BCUT2D eigenvalue weighted by Crippen LogP contribution is -2.70. The van der Waals surface area contributed by atoms with E-state index in [-0.39, 0.29) is 63.6 Å². The summed E-state index contributed by atoms with van der Waals surface area (Å²) >= 11 is 0. The summed E-state index contributed by atoms with van der Waals surface area (Å²) in [5, 5.41) is 22.5. The third-order valence-corrected chi connectivity index (χ3v) is 14.7. The van der Waals surface area contributed by atoms with Crippen molar-refractivity contribution in [2.45, 2.75) is 145 Å². The SMILES string of the molecule is CCC(C)C(=O)O[C@H]1CC(C)(C)C[C@H]2C3=CC[C@@H]4[C@@]5(C)CC[C@H](O)C(C)(C)[C@@H]5CC[C@@]4(C)[C@]3(C)C[C@@H](OC(C)=O)[C@@]12CO. The number of carbonyl (C=O) groups excluding carboxylic acids is 2. The molecule has 1 unspecified atom stereocenters. The number of allylic oxidation sites excluding steroid dienone is 2. The van der Waals surface area contributed by atoms with E-state index < -0.39 is 17.6 Å². The highest BCUT2D eigenvalue weighted by Crippen LogP contribution is 2.76. The van der Waals surface area contributed by atoms with E-state index in [1.165, 1.54) is 12.5 Å². The van der Waals surface area contributed by atoms with Crippen LogP contribution in [0.4, 0.5) is 0 Å². The average Bonchev–Trinajstić information content (AvgIpc) is 2.90. The summed E-state index contributed by atoms with van der Waals surface area (Å²) < 4.78 is 12.7. The Hall–Kier alpha value is -1.40. The van der Waals surface area contributed by atoms with Crippen LogP contribution in [-0.4, -0.2) is 47.1 Å². The van der Waals surface area contributed by atoms with Gasteiger partial charge in [-0.25, -0.2) is 0 Å². The zero-order valence-electron chi connectivity index (χ0n) is 28.7. The van der Waals surface area contributed by atoms with Crippen molar-refractivity contribution in [3.8, 4) is 0 Å². The standard InChI is InChI=1S/C37H60O6/c1-11-22(2)31(41)43-29-19-32(4,5)18-25-24-12-13-27-34(8)16-15-28(40)33(6,7)26(34)14-17-35(27,9)36(24,10)20-30(42-23(3)39)37(25,29)21-38/h12,22,25-30,38,40H,11,13-21H2,1-10H3/t22?,25-,26-,27+,28-,29-,30+,34-,35+,36+,37+/m0/s1. The maximum atomic E-state index is 13.3. The van der Waals surface area contributed by atoms with Gasteiger partial charge in [0, 0.05) is 6.92 Å². The van der Waals surface area contributed by atoms with Crippen molar-refractivity contribution in [2.24, 2.45) is 56.2 Å². The Bertz CT molecular complexity index is 1160. The molecule has 5 rings (SSSR count). The summed E-state index contributed by atoms with van der Waals surface area (Å²) in [5.41, 5.74) is 0.0862. The summed E-state index contributed by atoms with van der Waals surface area (Å²) in [6.45, 7) is 21.6. The van der Waals surface area contributed by atoms with Crippen LogP contribution in [0, 0.1) is 56.2 Å². The highest BCUT2D eigenvalue weighted by atomic mass is 16.6. The number of aliphatic hydroxyl groups excluding tert-OH is 2. The van der Waals surface area contributed by atoms with E-state index in [1.54, 1.807) is 0 Å². The van der Waals surface area contributed by atoms with E-state index in [0.717, 1.165) is 38.5 Å². The Morgan fingerprint density at radius 2 is 1.60 bits per heavy atom. The molecule has 6 nitrogen and oxygen atoms in total. The molecule has 11 atom stereocenters. The van der Waals surface area contributed by atoms with Crippen molar-refractivity contribution in [3.05, 3.63) is 11.6 Å². The molecule has 5 aliphatic rings. The molecule has 0 amide bonds. The number of hydrogen-bond donors (Lipinski definition) is 2. The predicted molar refractivity (Wildman–Crippen MR) is 168 cm³/mol. The van der Waals surface area contributed by atoms with Crippen LogP contribution in [-0.2, 0) is 19.1 Å². The fourth-order valence-electron chi connectivity index (χ4n) is 11.8. The molecule has 0 heterocycles. The number of aliphatic hydroxyl groups is 2. The van der Waals surface area contributed by atoms with Gasteiger partial charge in [0.1, 0.15) is 12.2 Å². The van der Waals surface area contributed by atoms with Crippen LogP contribution in [0.3, 0.4) is 0 Å². The average molecular weight is 601 g/mol. The first-order valence-electron chi connectivity index (χ1n) is 17.2. The van der Waals surface area contributed by atoms with Crippen molar-refractivity contribution in [3.63, 3.8) is 0 Å². The zero-order chi connectivity index (χ0) is 32.0. The van der Waals surface area contributed by atoms with Gasteiger partial charge in [-0.3, -0.25) is 9.59 Å². The summed E-state index contributed by atoms with van der Waals surface area (Å²) in [7, 11) is 0. The first kappa shape index (κ1) is 33.0. The fourth-order valence-corrected chi connectivity index (χ4v) is 11.8. The number of rotatable bonds is 5. The normalized spacial score (nSPS) is 47.0. The molecule has 0 aromatic rings. The minimum absolute atomic E-state index is 0.0365. The van der Waals surface area contributed by atoms with Crippen molar-refractivity contribution < 1.29 is 29.3 Å². The van der Waals surface area contributed by atoms with Gasteiger partial charge in [-0.1, -0.05) is 74.0 Å². The van der Waals surface area contributed by atoms with Crippen LogP contribution in [0.1, 0.15) is 127 Å². The Kier molecular flexibility index (Phi) is 8.11. The van der Waals surface area contributed by atoms with Crippen molar-refractivity contribution >= 4 is 11.9 Å². The summed E-state index contributed by atoms with van der Waals surface area (Å²) in [6, 6.07) is 0. The first-order chi connectivity index (χ1) is 19.8. The van der Waals surface area contributed by atoms with Gasteiger partial charge in [0.2, 0.25) is 0 Å². The van der Waals surface area contributed by atoms with Crippen molar-refractivity contribution in [1.29, 1.82) is 0 Å². The Balaban J connectivity index is 1.65. The Morgan fingerprint density at radius 3 is 2.21 bits per heavy atom. The molecule has 0 spiro atoms. The third-order valence-electron chi connectivity index (χ3n) is 14.7. The van der Waals surface area contributed by atoms with Gasteiger partial charge in [-0.05, 0) is 103 Å². The van der Waals surface area contributed by atoms with E-state index in [1.807, 2.05) is 13.8 Å².